The van der Waals surface area contributed by atoms with Crippen molar-refractivity contribution in [2.24, 2.45) is 5.92 Å². The smallest absolute Gasteiger partial charge is 0.0948 e. The molecule has 0 amide bonds. The van der Waals surface area contributed by atoms with E-state index in [1.807, 2.05) is 0 Å². The zero-order chi connectivity index (χ0) is 16.3. The summed E-state index contributed by atoms with van der Waals surface area (Å²) < 4.78 is 5.92. The molecular formula is C20H32O2. The molecule has 1 heterocycles. The van der Waals surface area contributed by atoms with Crippen molar-refractivity contribution in [3.63, 3.8) is 0 Å². The van der Waals surface area contributed by atoms with Crippen molar-refractivity contribution in [1.82, 2.24) is 0 Å². The van der Waals surface area contributed by atoms with Crippen LogP contribution in [0.1, 0.15) is 66.7 Å². The minimum absolute atomic E-state index is 0.142. The zero-order valence-electron chi connectivity index (χ0n) is 14.9. The molecule has 0 radical (unpaired) electrons. The van der Waals surface area contributed by atoms with Gasteiger partial charge in [0.15, 0.2) is 0 Å². The second-order valence-electron chi connectivity index (χ2n) is 7.60. The van der Waals surface area contributed by atoms with E-state index in [1.165, 1.54) is 11.1 Å². The van der Waals surface area contributed by atoms with Crippen LogP contribution in [-0.4, -0.2) is 22.9 Å². The molecule has 124 valence electrons. The van der Waals surface area contributed by atoms with Crippen LogP contribution in [0.4, 0.5) is 0 Å². The minimum Gasteiger partial charge on any atom is -0.389 e. The van der Waals surface area contributed by atoms with Gasteiger partial charge in [-0.15, -0.1) is 0 Å². The Morgan fingerprint density at radius 3 is 2.59 bits per heavy atom. The van der Waals surface area contributed by atoms with Gasteiger partial charge in [-0.2, -0.15) is 0 Å². The number of hydrogen-bond acceptors (Lipinski definition) is 2. The molecule has 1 N–H and O–H groups in total. The summed E-state index contributed by atoms with van der Waals surface area (Å²) in [5, 5.41) is 10.7. The molecule has 0 aromatic carbocycles. The molecule has 0 spiro atoms. The summed E-state index contributed by atoms with van der Waals surface area (Å²) in [7, 11) is 0. The molecule has 2 heteroatoms. The molecule has 2 rings (SSSR count). The first-order valence-electron chi connectivity index (χ1n) is 8.70. The normalized spacial score (nSPS) is 41.3. The summed E-state index contributed by atoms with van der Waals surface area (Å²) in [6.45, 7) is 10.8. The van der Waals surface area contributed by atoms with E-state index in [1.54, 1.807) is 0 Å². The Hall–Kier alpha value is -0.860. The largest absolute Gasteiger partial charge is 0.389 e. The van der Waals surface area contributed by atoms with Crippen molar-refractivity contribution in [3.05, 3.63) is 34.9 Å². The summed E-state index contributed by atoms with van der Waals surface area (Å²) in [5.41, 5.74) is 3.81. The van der Waals surface area contributed by atoms with Crippen molar-refractivity contribution >= 4 is 0 Å². The molecule has 0 bridgehead atoms. The van der Waals surface area contributed by atoms with Gasteiger partial charge in [-0.1, -0.05) is 43.2 Å². The Morgan fingerprint density at radius 1 is 1.18 bits per heavy atom. The Labute approximate surface area is 136 Å². The average molecular weight is 304 g/mol. The van der Waals surface area contributed by atoms with Gasteiger partial charge in [0, 0.05) is 6.42 Å². The van der Waals surface area contributed by atoms with E-state index in [4.69, 9.17) is 4.74 Å². The van der Waals surface area contributed by atoms with Gasteiger partial charge in [0.25, 0.3) is 0 Å². The first-order valence-corrected chi connectivity index (χ1v) is 8.70. The van der Waals surface area contributed by atoms with Crippen molar-refractivity contribution in [2.45, 2.75) is 84.5 Å². The van der Waals surface area contributed by atoms with Crippen LogP contribution in [0, 0.1) is 5.92 Å². The number of ether oxygens (including phenoxy) is 1. The molecule has 0 saturated carbocycles. The van der Waals surface area contributed by atoms with E-state index >= 15 is 0 Å². The van der Waals surface area contributed by atoms with Crippen LogP contribution in [0.15, 0.2) is 34.9 Å². The lowest BCUT2D eigenvalue weighted by atomic mass is 9.88. The second-order valence-corrected chi connectivity index (χ2v) is 7.60. The predicted octanol–water partition coefficient (Wildman–Crippen LogP) is 4.94. The third kappa shape index (κ3) is 4.57. The molecule has 0 aromatic rings. The monoisotopic (exact) mass is 304 g/mol. The molecule has 1 aliphatic heterocycles. The van der Waals surface area contributed by atoms with Gasteiger partial charge < -0.3 is 9.84 Å². The van der Waals surface area contributed by atoms with Crippen LogP contribution < -0.4 is 0 Å². The van der Waals surface area contributed by atoms with Crippen LogP contribution in [0.5, 0.6) is 0 Å². The fourth-order valence-electron chi connectivity index (χ4n) is 3.35. The summed E-state index contributed by atoms with van der Waals surface area (Å²) in [6, 6.07) is 0. The lowest BCUT2D eigenvalue weighted by Gasteiger charge is -2.20. The molecule has 2 nitrogen and oxygen atoms in total. The third-order valence-electron chi connectivity index (χ3n) is 5.08. The minimum atomic E-state index is -0.404. The van der Waals surface area contributed by atoms with E-state index in [9.17, 15) is 5.11 Å². The lowest BCUT2D eigenvalue weighted by molar-refractivity contribution is 0.151. The maximum absolute atomic E-state index is 10.7. The van der Waals surface area contributed by atoms with Gasteiger partial charge >= 0.3 is 0 Å². The zero-order valence-corrected chi connectivity index (χ0v) is 14.9. The third-order valence-corrected chi connectivity index (χ3v) is 5.08. The highest BCUT2D eigenvalue weighted by Gasteiger charge is 2.52. The number of hydrogen-bond donors (Lipinski definition) is 1. The van der Waals surface area contributed by atoms with Gasteiger partial charge in [0.1, 0.15) is 0 Å². The van der Waals surface area contributed by atoms with Crippen molar-refractivity contribution in [2.75, 3.05) is 0 Å². The molecule has 1 fully saturated rings. The number of fused-ring (bicyclic) bond motifs is 1. The lowest BCUT2D eigenvalue weighted by Crippen LogP contribution is -2.24. The van der Waals surface area contributed by atoms with Gasteiger partial charge in [-0.3, -0.25) is 0 Å². The van der Waals surface area contributed by atoms with Crippen molar-refractivity contribution in [1.29, 1.82) is 0 Å². The van der Waals surface area contributed by atoms with Crippen LogP contribution in [-0.2, 0) is 4.74 Å². The Morgan fingerprint density at radius 2 is 1.91 bits per heavy atom. The second kappa shape index (κ2) is 7.14. The highest BCUT2D eigenvalue weighted by Crippen LogP contribution is 2.44. The number of allylic oxidation sites excluding steroid dienone is 5. The Balaban J connectivity index is 2.21. The SMILES string of the molecule is C/C1=C/C=C(/C(C)C)[C@@H](O)C[C@]2(C)O[C@H]2CC/C(C)=C\CC1. The molecular weight excluding hydrogens is 272 g/mol. The average Bonchev–Trinajstić information content (AvgIpc) is 3.05. The fourth-order valence-corrected chi connectivity index (χ4v) is 3.35. The summed E-state index contributed by atoms with van der Waals surface area (Å²) in [6.07, 6.45) is 11.7. The quantitative estimate of drug-likeness (QED) is 0.549. The fraction of sp³-hybridized carbons (Fsp3) is 0.700. The predicted molar refractivity (Wildman–Crippen MR) is 92.8 cm³/mol. The van der Waals surface area contributed by atoms with E-state index in [2.05, 4.69) is 52.8 Å². The standard InChI is InChI=1S/C20H32O2/c1-14(2)17-11-9-15(3)7-6-8-16(4)10-12-19-20(5,22-19)13-18(17)21/h8-9,11,14,18-19,21H,6-7,10,12-13H2,1-5H3/b15-9-,16-8-,17-11-/t18-,19-,20-/m0/s1. The number of rotatable bonds is 1. The van der Waals surface area contributed by atoms with Crippen LogP contribution in [0.3, 0.4) is 0 Å². The highest BCUT2D eigenvalue weighted by atomic mass is 16.6. The summed E-state index contributed by atoms with van der Waals surface area (Å²) in [5.74, 6) is 0.356. The number of aliphatic hydroxyl groups excluding tert-OH is 1. The van der Waals surface area contributed by atoms with E-state index < -0.39 is 6.10 Å². The maximum Gasteiger partial charge on any atom is 0.0948 e. The van der Waals surface area contributed by atoms with E-state index in [-0.39, 0.29) is 5.60 Å². The topological polar surface area (TPSA) is 32.8 Å². The van der Waals surface area contributed by atoms with Gasteiger partial charge in [-0.25, -0.2) is 0 Å². The van der Waals surface area contributed by atoms with Crippen LogP contribution >= 0.6 is 0 Å². The molecule has 1 aliphatic carbocycles. The van der Waals surface area contributed by atoms with Crippen molar-refractivity contribution in [3.8, 4) is 0 Å². The molecule has 2 aliphatic rings. The van der Waals surface area contributed by atoms with E-state index in [0.717, 1.165) is 31.3 Å². The Bertz CT molecular complexity index is 484. The molecule has 0 unspecified atom stereocenters. The van der Waals surface area contributed by atoms with E-state index in [0.29, 0.717) is 18.4 Å². The maximum atomic E-state index is 10.7. The number of epoxide rings is 1. The Kier molecular flexibility index (Phi) is 5.68. The molecule has 3 atom stereocenters. The number of aliphatic hydroxyl groups is 1. The van der Waals surface area contributed by atoms with Crippen LogP contribution in [0.2, 0.25) is 0 Å². The summed E-state index contributed by atoms with van der Waals surface area (Å²) in [4.78, 5) is 0. The molecule has 1 saturated heterocycles. The van der Waals surface area contributed by atoms with Gasteiger partial charge in [-0.05, 0) is 57.9 Å². The highest BCUT2D eigenvalue weighted by molar-refractivity contribution is 5.23. The molecule has 0 aromatic heterocycles. The first kappa shape index (κ1) is 17.5. The van der Waals surface area contributed by atoms with Gasteiger partial charge in [0.2, 0.25) is 0 Å². The van der Waals surface area contributed by atoms with Crippen molar-refractivity contribution < 1.29 is 9.84 Å². The van der Waals surface area contributed by atoms with Gasteiger partial charge in [0.05, 0.1) is 17.8 Å². The summed E-state index contributed by atoms with van der Waals surface area (Å²) >= 11 is 0. The first-order chi connectivity index (χ1) is 10.3. The molecule has 22 heavy (non-hydrogen) atoms. The van der Waals surface area contributed by atoms with Crippen LogP contribution in [0.25, 0.3) is 0 Å².